The number of rotatable bonds is 5. The fourth-order valence-corrected chi connectivity index (χ4v) is 2.27. The Balaban J connectivity index is 2.75. The Morgan fingerprint density at radius 2 is 2.06 bits per heavy atom. The number of benzene rings is 1. The van der Waals surface area contributed by atoms with Gasteiger partial charge >= 0.3 is 0 Å². The van der Waals surface area contributed by atoms with Gasteiger partial charge in [0.05, 0.1) is 6.10 Å². The second-order valence-electron chi connectivity index (χ2n) is 3.47. The Kier molecular flexibility index (Phi) is 4.40. The molecule has 16 heavy (non-hydrogen) atoms. The molecule has 0 saturated carbocycles. The molecular formula is C10H14FNO3S. The minimum atomic E-state index is -3.82. The first kappa shape index (κ1) is 13.1. The summed E-state index contributed by atoms with van der Waals surface area (Å²) in [6.07, 6.45) is -0.309. The van der Waals surface area contributed by atoms with E-state index in [2.05, 4.69) is 4.72 Å². The molecular weight excluding hydrogens is 233 g/mol. The molecule has 0 aliphatic rings. The van der Waals surface area contributed by atoms with Crippen LogP contribution in [-0.2, 0) is 10.0 Å². The molecule has 1 aromatic rings. The maximum absolute atomic E-state index is 13.2. The largest absolute Gasteiger partial charge is 0.393 e. The van der Waals surface area contributed by atoms with Crippen LogP contribution in [-0.4, -0.2) is 26.2 Å². The Morgan fingerprint density at radius 3 is 2.62 bits per heavy atom. The van der Waals surface area contributed by atoms with Crippen molar-refractivity contribution in [2.45, 2.75) is 24.3 Å². The number of nitrogens with one attached hydrogen (secondary N) is 1. The number of hydrogen-bond donors (Lipinski definition) is 2. The summed E-state index contributed by atoms with van der Waals surface area (Å²) in [5, 5.41) is 8.97. The van der Waals surface area contributed by atoms with Crippen molar-refractivity contribution >= 4 is 10.0 Å². The van der Waals surface area contributed by atoms with Crippen molar-refractivity contribution < 1.29 is 17.9 Å². The Bertz CT molecular complexity index is 445. The van der Waals surface area contributed by atoms with Gasteiger partial charge in [0.25, 0.3) is 0 Å². The third-order valence-corrected chi connectivity index (χ3v) is 3.47. The van der Waals surface area contributed by atoms with Gasteiger partial charge < -0.3 is 5.11 Å². The zero-order valence-corrected chi connectivity index (χ0v) is 9.67. The first-order chi connectivity index (χ1) is 7.43. The molecule has 1 unspecified atom stereocenters. The van der Waals surface area contributed by atoms with E-state index in [9.17, 15) is 12.8 Å². The predicted octanol–water partition coefficient (Wildman–Crippen LogP) is 0.875. The van der Waals surface area contributed by atoms with Gasteiger partial charge in [-0.2, -0.15) is 0 Å². The fourth-order valence-electron chi connectivity index (χ4n) is 1.14. The van der Waals surface area contributed by atoms with Crippen LogP contribution < -0.4 is 4.72 Å². The summed E-state index contributed by atoms with van der Waals surface area (Å²) in [4.78, 5) is -0.374. The molecule has 0 bridgehead atoms. The second-order valence-corrected chi connectivity index (χ2v) is 5.20. The Hall–Kier alpha value is -0.980. The minimum Gasteiger partial charge on any atom is -0.393 e. The quantitative estimate of drug-likeness (QED) is 0.811. The van der Waals surface area contributed by atoms with Crippen LogP contribution in [0.4, 0.5) is 4.39 Å². The van der Waals surface area contributed by atoms with Gasteiger partial charge in [-0.15, -0.1) is 0 Å². The first-order valence-electron chi connectivity index (χ1n) is 4.86. The monoisotopic (exact) mass is 247 g/mol. The summed E-state index contributed by atoms with van der Waals surface area (Å²) in [5.74, 6) is -0.785. The third-order valence-electron chi connectivity index (χ3n) is 1.98. The predicted molar refractivity (Wildman–Crippen MR) is 57.9 cm³/mol. The molecule has 1 atom stereocenters. The summed E-state index contributed by atoms with van der Waals surface area (Å²) in [6.45, 7) is 1.63. The molecule has 4 nitrogen and oxygen atoms in total. The molecule has 0 heterocycles. The van der Waals surface area contributed by atoms with Crippen molar-refractivity contribution in [3.63, 3.8) is 0 Å². The number of hydrogen-bond acceptors (Lipinski definition) is 3. The SMILES string of the molecule is CC(O)CCNS(=O)(=O)c1ccccc1F. The van der Waals surface area contributed by atoms with Crippen LogP contribution in [0.1, 0.15) is 13.3 Å². The molecule has 1 aromatic carbocycles. The van der Waals surface area contributed by atoms with Crippen LogP contribution in [0.2, 0.25) is 0 Å². The van der Waals surface area contributed by atoms with Crippen LogP contribution in [0, 0.1) is 5.82 Å². The minimum absolute atomic E-state index is 0.0777. The van der Waals surface area contributed by atoms with E-state index in [4.69, 9.17) is 5.11 Å². The molecule has 2 N–H and O–H groups in total. The zero-order chi connectivity index (χ0) is 12.2. The maximum atomic E-state index is 13.2. The molecule has 0 radical (unpaired) electrons. The van der Waals surface area contributed by atoms with Gasteiger partial charge in [0.2, 0.25) is 10.0 Å². The third kappa shape index (κ3) is 3.55. The average molecular weight is 247 g/mol. The summed E-state index contributed by atoms with van der Waals surface area (Å²) < 4.78 is 38.6. The Labute approximate surface area is 94.2 Å². The van der Waals surface area contributed by atoms with Crippen molar-refractivity contribution in [2.75, 3.05) is 6.54 Å². The summed E-state index contributed by atoms with van der Waals surface area (Å²) in [7, 11) is -3.82. The normalized spacial score (nSPS) is 13.7. The fraction of sp³-hybridized carbons (Fsp3) is 0.400. The lowest BCUT2D eigenvalue weighted by Crippen LogP contribution is -2.27. The van der Waals surface area contributed by atoms with Crippen LogP contribution >= 0.6 is 0 Å². The highest BCUT2D eigenvalue weighted by Gasteiger charge is 2.17. The van der Waals surface area contributed by atoms with Gasteiger partial charge in [0, 0.05) is 6.54 Å². The lowest BCUT2D eigenvalue weighted by molar-refractivity contribution is 0.186. The zero-order valence-electron chi connectivity index (χ0n) is 8.85. The number of aliphatic hydroxyl groups is 1. The molecule has 0 amide bonds. The van der Waals surface area contributed by atoms with Gasteiger partial charge in [-0.3, -0.25) is 0 Å². The first-order valence-corrected chi connectivity index (χ1v) is 6.34. The maximum Gasteiger partial charge on any atom is 0.243 e. The number of aliphatic hydroxyl groups excluding tert-OH is 1. The van der Waals surface area contributed by atoms with Crippen molar-refractivity contribution in [3.05, 3.63) is 30.1 Å². The van der Waals surface area contributed by atoms with E-state index in [0.717, 1.165) is 6.07 Å². The highest BCUT2D eigenvalue weighted by molar-refractivity contribution is 7.89. The van der Waals surface area contributed by atoms with E-state index >= 15 is 0 Å². The smallest absolute Gasteiger partial charge is 0.243 e. The molecule has 90 valence electrons. The van der Waals surface area contributed by atoms with Crippen LogP contribution in [0.3, 0.4) is 0 Å². The molecule has 0 aliphatic carbocycles. The molecule has 6 heteroatoms. The summed E-state index contributed by atoms with van der Waals surface area (Å²) >= 11 is 0. The van der Waals surface area contributed by atoms with E-state index < -0.39 is 21.9 Å². The van der Waals surface area contributed by atoms with Crippen LogP contribution in [0.5, 0.6) is 0 Å². The van der Waals surface area contributed by atoms with E-state index in [-0.39, 0.29) is 17.9 Å². The van der Waals surface area contributed by atoms with Gasteiger partial charge in [-0.25, -0.2) is 17.5 Å². The topological polar surface area (TPSA) is 66.4 Å². The molecule has 1 rings (SSSR count). The van der Waals surface area contributed by atoms with Gasteiger partial charge in [-0.1, -0.05) is 12.1 Å². The lowest BCUT2D eigenvalue weighted by Gasteiger charge is -2.08. The van der Waals surface area contributed by atoms with Crippen molar-refractivity contribution in [2.24, 2.45) is 0 Å². The van der Waals surface area contributed by atoms with Crippen LogP contribution in [0.25, 0.3) is 0 Å². The van der Waals surface area contributed by atoms with Gasteiger partial charge in [0.1, 0.15) is 10.7 Å². The molecule has 0 spiro atoms. The molecule has 0 fully saturated rings. The number of halogens is 1. The lowest BCUT2D eigenvalue weighted by atomic mass is 10.3. The van der Waals surface area contributed by atoms with Crippen molar-refractivity contribution in [1.29, 1.82) is 0 Å². The van der Waals surface area contributed by atoms with Crippen molar-refractivity contribution in [1.82, 2.24) is 4.72 Å². The summed E-state index contributed by atoms with van der Waals surface area (Å²) in [5.41, 5.74) is 0. The van der Waals surface area contributed by atoms with E-state index in [0.29, 0.717) is 0 Å². The summed E-state index contributed by atoms with van der Waals surface area (Å²) in [6, 6.07) is 5.15. The van der Waals surface area contributed by atoms with E-state index in [1.807, 2.05) is 0 Å². The molecule has 0 saturated heterocycles. The van der Waals surface area contributed by atoms with Crippen molar-refractivity contribution in [3.8, 4) is 0 Å². The number of sulfonamides is 1. The van der Waals surface area contributed by atoms with E-state index in [1.165, 1.54) is 18.2 Å². The van der Waals surface area contributed by atoms with Crippen LogP contribution in [0.15, 0.2) is 29.2 Å². The highest BCUT2D eigenvalue weighted by atomic mass is 32.2. The molecule has 0 aromatic heterocycles. The van der Waals surface area contributed by atoms with E-state index in [1.54, 1.807) is 6.92 Å². The van der Waals surface area contributed by atoms with Gasteiger partial charge in [-0.05, 0) is 25.5 Å². The Morgan fingerprint density at radius 1 is 1.44 bits per heavy atom. The van der Waals surface area contributed by atoms with Gasteiger partial charge in [0.15, 0.2) is 0 Å². The average Bonchev–Trinajstić information content (AvgIpc) is 2.17. The standard InChI is InChI=1S/C10H14FNO3S/c1-8(13)6-7-12-16(14,15)10-5-3-2-4-9(10)11/h2-5,8,12-13H,6-7H2,1H3. The highest BCUT2D eigenvalue weighted by Crippen LogP contribution is 2.12. The molecule has 0 aliphatic heterocycles. The second kappa shape index (κ2) is 5.38.